The molecule has 0 fully saturated rings. The zero-order chi connectivity index (χ0) is 10.1. The topological polar surface area (TPSA) is 43.4 Å². The Kier molecular flexibility index (Phi) is 2.22. The van der Waals surface area contributed by atoms with E-state index in [0.29, 0.717) is 6.08 Å². The summed E-state index contributed by atoms with van der Waals surface area (Å²) in [7, 11) is 0. The van der Waals surface area contributed by atoms with Gasteiger partial charge in [0.2, 0.25) is 5.78 Å². The lowest BCUT2D eigenvalue weighted by Gasteiger charge is -2.10. The summed E-state index contributed by atoms with van der Waals surface area (Å²) in [5.41, 5.74) is 0. The maximum Gasteiger partial charge on any atom is 0.573 e. The van der Waals surface area contributed by atoms with E-state index in [1.807, 2.05) is 0 Å². The van der Waals surface area contributed by atoms with Gasteiger partial charge in [0.1, 0.15) is 0 Å². The Morgan fingerprint density at radius 1 is 1.15 bits per heavy atom. The molecule has 0 amide bonds. The molecule has 0 bridgehead atoms. The Morgan fingerprint density at radius 3 is 2.31 bits per heavy atom. The van der Waals surface area contributed by atoms with E-state index in [1.54, 1.807) is 0 Å². The summed E-state index contributed by atoms with van der Waals surface area (Å²) in [6.07, 6.45) is -2.86. The SMILES string of the molecule is O=C1C=CC(=O)C(OC(F)(F)F)=C1. The number of rotatable bonds is 1. The van der Waals surface area contributed by atoms with Crippen molar-refractivity contribution >= 4 is 11.6 Å². The van der Waals surface area contributed by atoms with Gasteiger partial charge < -0.3 is 4.74 Å². The Balaban J connectivity index is 2.80. The first kappa shape index (κ1) is 9.50. The van der Waals surface area contributed by atoms with Crippen LogP contribution < -0.4 is 0 Å². The van der Waals surface area contributed by atoms with E-state index < -0.39 is 23.7 Å². The van der Waals surface area contributed by atoms with E-state index in [-0.39, 0.29) is 0 Å². The molecule has 0 saturated carbocycles. The zero-order valence-electron chi connectivity index (χ0n) is 6.09. The smallest absolute Gasteiger partial charge is 0.401 e. The summed E-state index contributed by atoms with van der Waals surface area (Å²) in [5.74, 6) is -2.68. The number of hydrogen-bond acceptors (Lipinski definition) is 3. The van der Waals surface area contributed by atoms with Crippen LogP contribution in [0.5, 0.6) is 0 Å². The second-order valence-electron chi connectivity index (χ2n) is 2.16. The van der Waals surface area contributed by atoms with Gasteiger partial charge in [-0.3, -0.25) is 9.59 Å². The van der Waals surface area contributed by atoms with Gasteiger partial charge in [-0.05, 0) is 12.2 Å². The van der Waals surface area contributed by atoms with E-state index >= 15 is 0 Å². The van der Waals surface area contributed by atoms with Crippen LogP contribution in [-0.4, -0.2) is 17.9 Å². The predicted molar refractivity (Wildman–Crippen MR) is 34.4 cm³/mol. The molecule has 0 aliphatic heterocycles. The molecule has 1 rings (SSSR count). The van der Waals surface area contributed by atoms with Gasteiger partial charge in [-0.1, -0.05) is 0 Å². The van der Waals surface area contributed by atoms with Crippen LogP contribution in [0.15, 0.2) is 24.0 Å². The van der Waals surface area contributed by atoms with Crippen molar-refractivity contribution in [3.8, 4) is 0 Å². The average Bonchev–Trinajstić information content (AvgIpc) is 1.94. The lowest BCUT2D eigenvalue weighted by atomic mass is 10.1. The minimum atomic E-state index is -4.95. The van der Waals surface area contributed by atoms with Gasteiger partial charge >= 0.3 is 6.36 Å². The Labute approximate surface area is 70.5 Å². The van der Waals surface area contributed by atoms with Crippen LogP contribution in [0.2, 0.25) is 0 Å². The van der Waals surface area contributed by atoms with Crippen molar-refractivity contribution < 1.29 is 27.5 Å². The summed E-state index contributed by atoms with van der Waals surface area (Å²) in [6, 6.07) is 0. The molecule has 0 aromatic carbocycles. The number of carbonyl (C=O) groups excluding carboxylic acids is 2. The number of ether oxygens (including phenoxy) is 1. The first-order valence-electron chi connectivity index (χ1n) is 3.12. The molecule has 13 heavy (non-hydrogen) atoms. The largest absolute Gasteiger partial charge is 0.573 e. The van der Waals surface area contributed by atoms with Crippen LogP contribution in [0, 0.1) is 0 Å². The highest BCUT2D eigenvalue weighted by Gasteiger charge is 2.34. The quantitative estimate of drug-likeness (QED) is 0.584. The maximum atomic E-state index is 11.6. The lowest BCUT2D eigenvalue weighted by molar-refractivity contribution is -0.304. The number of carbonyl (C=O) groups is 2. The molecule has 0 aromatic heterocycles. The van der Waals surface area contributed by atoms with Gasteiger partial charge in [0.15, 0.2) is 11.5 Å². The fourth-order valence-corrected chi connectivity index (χ4v) is 0.693. The fraction of sp³-hybridized carbons (Fsp3) is 0.143. The summed E-state index contributed by atoms with van der Waals surface area (Å²) < 4.78 is 38.1. The van der Waals surface area contributed by atoms with Crippen molar-refractivity contribution in [1.29, 1.82) is 0 Å². The van der Waals surface area contributed by atoms with Crippen molar-refractivity contribution in [2.24, 2.45) is 0 Å². The molecule has 6 heteroatoms. The minimum Gasteiger partial charge on any atom is -0.401 e. The number of hydrogen-bond donors (Lipinski definition) is 0. The molecular weight excluding hydrogens is 189 g/mol. The predicted octanol–water partition coefficient (Wildman–Crippen LogP) is 1.11. The van der Waals surface area contributed by atoms with Crippen molar-refractivity contribution in [2.75, 3.05) is 0 Å². The van der Waals surface area contributed by atoms with Crippen molar-refractivity contribution in [1.82, 2.24) is 0 Å². The maximum absolute atomic E-state index is 11.6. The summed E-state index contributed by atoms with van der Waals surface area (Å²) in [6.45, 7) is 0. The molecule has 0 spiro atoms. The zero-order valence-corrected chi connectivity index (χ0v) is 6.09. The van der Waals surface area contributed by atoms with Crippen LogP contribution in [-0.2, 0) is 14.3 Å². The Morgan fingerprint density at radius 2 is 1.77 bits per heavy atom. The van der Waals surface area contributed by atoms with E-state index in [2.05, 4.69) is 4.74 Å². The fourth-order valence-electron chi connectivity index (χ4n) is 0.693. The molecule has 1 aliphatic carbocycles. The first-order chi connectivity index (χ1) is 5.88. The van der Waals surface area contributed by atoms with Crippen LogP contribution in [0.1, 0.15) is 0 Å². The molecule has 0 aromatic rings. The molecule has 0 radical (unpaired) electrons. The molecule has 0 saturated heterocycles. The number of ketones is 2. The first-order valence-corrected chi connectivity index (χ1v) is 3.12. The molecule has 70 valence electrons. The highest BCUT2D eigenvalue weighted by Crippen LogP contribution is 2.22. The highest BCUT2D eigenvalue weighted by atomic mass is 19.4. The normalized spacial score (nSPS) is 17.3. The second kappa shape index (κ2) is 3.04. The summed E-state index contributed by atoms with van der Waals surface area (Å²) in [5, 5.41) is 0. The minimum absolute atomic E-state index is 0.496. The number of halogens is 3. The third kappa shape index (κ3) is 2.73. The highest BCUT2D eigenvalue weighted by molar-refractivity contribution is 6.16. The van der Waals surface area contributed by atoms with E-state index in [4.69, 9.17) is 0 Å². The Hall–Kier alpha value is -1.59. The van der Waals surface area contributed by atoms with Gasteiger partial charge in [-0.25, -0.2) is 0 Å². The lowest BCUT2D eigenvalue weighted by Crippen LogP contribution is -2.19. The summed E-state index contributed by atoms with van der Waals surface area (Å²) >= 11 is 0. The van der Waals surface area contributed by atoms with Crippen LogP contribution in [0.25, 0.3) is 0 Å². The monoisotopic (exact) mass is 192 g/mol. The van der Waals surface area contributed by atoms with Crippen molar-refractivity contribution in [3.63, 3.8) is 0 Å². The van der Waals surface area contributed by atoms with Crippen LogP contribution >= 0.6 is 0 Å². The molecular formula is C7H3F3O3. The van der Waals surface area contributed by atoms with Gasteiger partial charge in [-0.15, -0.1) is 13.2 Å². The van der Waals surface area contributed by atoms with Gasteiger partial charge in [0, 0.05) is 6.08 Å². The molecule has 1 aliphatic rings. The molecule has 3 nitrogen and oxygen atoms in total. The van der Waals surface area contributed by atoms with Gasteiger partial charge in [0.25, 0.3) is 0 Å². The van der Waals surface area contributed by atoms with Gasteiger partial charge in [-0.2, -0.15) is 0 Å². The standard InChI is InChI=1S/C7H3F3O3/c8-7(9,10)13-6-3-4(11)1-2-5(6)12/h1-3H. The molecule has 0 atom stereocenters. The molecule has 0 unspecified atom stereocenters. The average molecular weight is 192 g/mol. The Bertz CT molecular complexity index is 311. The van der Waals surface area contributed by atoms with Crippen LogP contribution in [0.4, 0.5) is 13.2 Å². The van der Waals surface area contributed by atoms with Gasteiger partial charge in [0.05, 0.1) is 0 Å². The summed E-state index contributed by atoms with van der Waals surface area (Å²) in [4.78, 5) is 21.2. The number of alkyl halides is 3. The van der Waals surface area contributed by atoms with Crippen LogP contribution in [0.3, 0.4) is 0 Å². The molecule has 0 heterocycles. The van der Waals surface area contributed by atoms with Crippen molar-refractivity contribution in [3.05, 3.63) is 24.0 Å². The van der Waals surface area contributed by atoms with E-state index in [1.165, 1.54) is 0 Å². The third-order valence-electron chi connectivity index (χ3n) is 1.14. The second-order valence-corrected chi connectivity index (χ2v) is 2.16. The molecule has 0 N–H and O–H groups in total. The third-order valence-corrected chi connectivity index (χ3v) is 1.14. The van der Waals surface area contributed by atoms with E-state index in [0.717, 1.165) is 12.2 Å². The van der Waals surface area contributed by atoms with Crippen molar-refractivity contribution in [2.45, 2.75) is 6.36 Å². The van der Waals surface area contributed by atoms with E-state index in [9.17, 15) is 22.8 Å². The number of allylic oxidation sites excluding steroid dienone is 3.